The number of ether oxygens (including phenoxy) is 1. The number of rotatable bonds is 4. The molecule has 3 aromatic rings. The molecule has 1 aliphatic carbocycles. The summed E-state index contributed by atoms with van der Waals surface area (Å²) in [7, 11) is 0. The Hall–Kier alpha value is -3.90. The number of amides is 2. The number of hydrogen-bond donors (Lipinski definition) is 2. The van der Waals surface area contributed by atoms with Gasteiger partial charge in [0.15, 0.2) is 11.6 Å². The second-order valence-corrected chi connectivity index (χ2v) is 9.79. The van der Waals surface area contributed by atoms with Gasteiger partial charge in [-0.3, -0.25) is 9.48 Å². The highest BCUT2D eigenvalue weighted by Crippen LogP contribution is 2.35. The lowest BCUT2D eigenvalue weighted by Gasteiger charge is -2.36. The van der Waals surface area contributed by atoms with Gasteiger partial charge in [-0.1, -0.05) is 41.6 Å². The van der Waals surface area contributed by atoms with E-state index in [0.717, 1.165) is 5.56 Å². The van der Waals surface area contributed by atoms with E-state index in [-0.39, 0.29) is 28.6 Å². The fourth-order valence-electron chi connectivity index (χ4n) is 3.64. The third-order valence-electron chi connectivity index (χ3n) is 5.34. The van der Waals surface area contributed by atoms with E-state index in [1.54, 1.807) is 20.8 Å². The first-order valence-electron chi connectivity index (χ1n) is 11.4. The quantitative estimate of drug-likeness (QED) is 0.485. The lowest BCUT2D eigenvalue weighted by molar-refractivity contribution is 0.0450. The summed E-state index contributed by atoms with van der Waals surface area (Å²) in [5.41, 5.74) is 0.656. The molecule has 2 amide bonds. The fraction of sp³-hybridized carbons (Fsp3) is 0.308. The molecule has 8 nitrogen and oxygen atoms in total. The van der Waals surface area contributed by atoms with E-state index in [4.69, 9.17) is 16.3 Å². The number of nitrogens with zero attached hydrogens (tertiary/aromatic N) is 3. The molecule has 2 N–H and O–H groups in total. The second-order valence-electron chi connectivity index (χ2n) is 9.38. The van der Waals surface area contributed by atoms with Crippen LogP contribution < -0.4 is 10.6 Å². The van der Waals surface area contributed by atoms with Crippen LogP contribution in [0, 0.1) is 17.7 Å². The largest absolute Gasteiger partial charge is 0.444 e. The molecule has 1 fully saturated rings. The number of nitrogens with one attached hydrogen (secondary N) is 2. The van der Waals surface area contributed by atoms with Crippen LogP contribution in [-0.4, -0.2) is 38.4 Å². The minimum Gasteiger partial charge on any atom is -0.444 e. The van der Waals surface area contributed by atoms with Crippen molar-refractivity contribution in [1.82, 2.24) is 20.1 Å². The van der Waals surface area contributed by atoms with Crippen molar-refractivity contribution in [2.45, 2.75) is 51.3 Å². The number of carbonyl (C=O) groups excluding carboxylic acids is 2. The average Bonchev–Trinajstić information content (AvgIpc) is 3.16. The molecule has 0 aliphatic heterocycles. The summed E-state index contributed by atoms with van der Waals surface area (Å²) in [6.45, 7) is 5.36. The molecular weight excluding hydrogens is 485 g/mol. The monoisotopic (exact) mass is 509 g/mol. The number of carbonyl (C=O) groups is 2. The predicted molar refractivity (Wildman–Crippen MR) is 133 cm³/mol. The summed E-state index contributed by atoms with van der Waals surface area (Å²) < 4.78 is 21.4. The van der Waals surface area contributed by atoms with Crippen LogP contribution in [0.2, 0.25) is 5.02 Å². The second kappa shape index (κ2) is 10.4. The van der Waals surface area contributed by atoms with Gasteiger partial charge in [-0.2, -0.15) is 5.10 Å². The van der Waals surface area contributed by atoms with Gasteiger partial charge in [-0.05, 0) is 51.8 Å². The Morgan fingerprint density at radius 3 is 2.50 bits per heavy atom. The molecule has 36 heavy (non-hydrogen) atoms. The van der Waals surface area contributed by atoms with Gasteiger partial charge in [0, 0.05) is 23.4 Å². The van der Waals surface area contributed by atoms with Crippen molar-refractivity contribution in [1.29, 1.82) is 0 Å². The highest BCUT2D eigenvalue weighted by molar-refractivity contribution is 6.34. The highest BCUT2D eigenvalue weighted by Gasteiger charge is 2.36. The molecule has 0 radical (unpaired) electrons. The molecule has 0 saturated heterocycles. The van der Waals surface area contributed by atoms with Crippen molar-refractivity contribution >= 4 is 29.4 Å². The molecule has 10 heteroatoms. The van der Waals surface area contributed by atoms with Crippen molar-refractivity contribution in [3.05, 3.63) is 76.5 Å². The molecule has 4 rings (SSSR count). The third-order valence-corrected chi connectivity index (χ3v) is 5.62. The first-order valence-corrected chi connectivity index (χ1v) is 11.7. The van der Waals surface area contributed by atoms with Crippen LogP contribution in [0.3, 0.4) is 0 Å². The predicted octanol–water partition coefficient (Wildman–Crippen LogP) is 4.95. The minimum absolute atomic E-state index is 0.0894. The Kier molecular flexibility index (Phi) is 7.27. The molecule has 186 valence electrons. The smallest absolute Gasteiger partial charge is 0.407 e. The minimum atomic E-state index is -0.726. The summed E-state index contributed by atoms with van der Waals surface area (Å²) >= 11 is 6.22. The van der Waals surface area contributed by atoms with Crippen LogP contribution in [0.4, 0.5) is 15.0 Å². The standard InChI is InChI=1S/C26H25ClFN5O3/c1-26(2,3)36-25(35)31-18-12-19(13-18)33-22(20(27)15-30-33)24(34)32-23-21(28)11-17(14-29-23)10-9-16-7-5-4-6-8-16/h4-8,11,14-15,18-19H,12-13H2,1-3H3,(H,31,35)(H,29,32,34). The van der Waals surface area contributed by atoms with Gasteiger partial charge in [0.05, 0.1) is 17.3 Å². The van der Waals surface area contributed by atoms with Crippen molar-refractivity contribution in [3.8, 4) is 11.8 Å². The molecule has 1 saturated carbocycles. The van der Waals surface area contributed by atoms with Crippen molar-refractivity contribution < 1.29 is 18.7 Å². The van der Waals surface area contributed by atoms with Crippen molar-refractivity contribution in [3.63, 3.8) is 0 Å². The van der Waals surface area contributed by atoms with E-state index in [2.05, 4.69) is 32.6 Å². The molecule has 2 aromatic heterocycles. The van der Waals surface area contributed by atoms with Gasteiger partial charge in [-0.15, -0.1) is 0 Å². The summed E-state index contributed by atoms with van der Waals surface area (Å²) in [6.07, 6.45) is 3.32. The van der Waals surface area contributed by atoms with Gasteiger partial charge >= 0.3 is 6.09 Å². The van der Waals surface area contributed by atoms with Crippen molar-refractivity contribution in [2.24, 2.45) is 0 Å². The zero-order valence-electron chi connectivity index (χ0n) is 20.0. The number of halogens is 2. The molecule has 1 aliphatic rings. The lowest BCUT2D eigenvalue weighted by Crippen LogP contribution is -2.47. The number of aromatic nitrogens is 3. The van der Waals surface area contributed by atoms with Gasteiger partial charge in [-0.25, -0.2) is 14.2 Å². The highest BCUT2D eigenvalue weighted by atomic mass is 35.5. The summed E-state index contributed by atoms with van der Waals surface area (Å²) in [6, 6.07) is 10.2. The summed E-state index contributed by atoms with van der Waals surface area (Å²) in [5, 5.41) is 9.59. The molecule has 0 bridgehead atoms. The number of anilines is 1. The van der Waals surface area contributed by atoms with Gasteiger partial charge in [0.2, 0.25) is 0 Å². The maximum absolute atomic E-state index is 14.7. The van der Waals surface area contributed by atoms with Gasteiger partial charge in [0.25, 0.3) is 5.91 Å². The third kappa shape index (κ3) is 6.20. The van der Waals surface area contributed by atoms with Gasteiger partial charge in [0.1, 0.15) is 11.3 Å². The van der Waals surface area contributed by atoms with E-state index in [0.29, 0.717) is 18.4 Å². The first kappa shape index (κ1) is 25.2. The lowest BCUT2D eigenvalue weighted by atomic mass is 9.87. The van der Waals surface area contributed by atoms with Crippen LogP contribution in [0.15, 0.2) is 48.8 Å². The van der Waals surface area contributed by atoms with Crippen LogP contribution in [-0.2, 0) is 4.74 Å². The Labute approximate surface area is 213 Å². The van der Waals surface area contributed by atoms with Crippen LogP contribution >= 0.6 is 11.6 Å². The zero-order valence-corrected chi connectivity index (χ0v) is 20.8. The Balaban J connectivity index is 1.40. The normalized spacial score (nSPS) is 16.8. The maximum atomic E-state index is 14.7. The zero-order chi connectivity index (χ0) is 25.9. The molecular formula is C26H25ClFN5O3. The summed E-state index contributed by atoms with van der Waals surface area (Å²) in [5.74, 6) is 4.17. The Bertz CT molecular complexity index is 1340. The fourth-order valence-corrected chi connectivity index (χ4v) is 3.86. The Morgan fingerprint density at radius 2 is 1.83 bits per heavy atom. The molecule has 0 unspecified atom stereocenters. The van der Waals surface area contributed by atoms with E-state index in [1.165, 1.54) is 23.1 Å². The topological polar surface area (TPSA) is 98.1 Å². The SMILES string of the molecule is CC(C)(C)OC(=O)NC1CC(n2ncc(Cl)c2C(=O)Nc2ncc(C#Cc3ccccc3)cc2F)C1. The Morgan fingerprint density at radius 1 is 1.14 bits per heavy atom. The van der Waals surface area contributed by atoms with Gasteiger partial charge < -0.3 is 15.4 Å². The average molecular weight is 510 g/mol. The number of alkyl carbamates (subject to hydrolysis) is 1. The number of hydrogen-bond acceptors (Lipinski definition) is 5. The molecule has 0 spiro atoms. The number of pyridine rings is 1. The van der Waals surface area contributed by atoms with Crippen LogP contribution in [0.1, 0.15) is 61.3 Å². The maximum Gasteiger partial charge on any atom is 0.407 e. The van der Waals surface area contributed by atoms with Crippen LogP contribution in [0.25, 0.3) is 0 Å². The molecule has 1 aromatic carbocycles. The molecule has 0 atom stereocenters. The summed E-state index contributed by atoms with van der Waals surface area (Å²) in [4.78, 5) is 28.9. The first-order chi connectivity index (χ1) is 17.1. The molecule has 2 heterocycles. The van der Waals surface area contributed by atoms with E-state index >= 15 is 0 Å². The van der Waals surface area contributed by atoms with E-state index in [9.17, 15) is 14.0 Å². The van der Waals surface area contributed by atoms with Crippen molar-refractivity contribution in [2.75, 3.05) is 5.32 Å². The van der Waals surface area contributed by atoms with Crippen LogP contribution in [0.5, 0.6) is 0 Å². The van der Waals surface area contributed by atoms with E-state index < -0.39 is 23.4 Å². The van der Waals surface area contributed by atoms with E-state index in [1.807, 2.05) is 30.3 Å². The number of benzene rings is 1.